The highest BCUT2D eigenvalue weighted by molar-refractivity contribution is 7.90. The molecule has 1 amide bonds. The first-order valence-electron chi connectivity index (χ1n) is 14.3. The molecule has 0 saturated carbocycles. The Morgan fingerprint density at radius 3 is 2.51 bits per heavy atom. The van der Waals surface area contributed by atoms with Crippen LogP contribution in [-0.2, 0) is 25.9 Å². The van der Waals surface area contributed by atoms with Crippen molar-refractivity contribution in [2.75, 3.05) is 56.4 Å². The van der Waals surface area contributed by atoms with E-state index < -0.39 is 40.3 Å². The zero-order valence-electron chi connectivity index (χ0n) is 25.3. The summed E-state index contributed by atoms with van der Waals surface area (Å²) in [5, 5.41) is 24.5. The number of fused-ring (bicyclic) bond motifs is 1. The number of hydrogen-bond donors (Lipinski definition) is 3. The Labute approximate surface area is 260 Å². The summed E-state index contributed by atoms with van der Waals surface area (Å²) in [6.07, 6.45) is -2.55. The highest BCUT2D eigenvalue weighted by atomic mass is 32.2. The van der Waals surface area contributed by atoms with Crippen molar-refractivity contribution in [2.45, 2.75) is 49.5 Å². The maximum absolute atomic E-state index is 13.7. The molecule has 1 aliphatic heterocycles. The van der Waals surface area contributed by atoms with E-state index in [1.165, 1.54) is 26.2 Å². The van der Waals surface area contributed by atoms with Gasteiger partial charge in [0, 0.05) is 63.1 Å². The van der Waals surface area contributed by atoms with Crippen LogP contribution < -0.4 is 10.2 Å². The van der Waals surface area contributed by atoms with Gasteiger partial charge < -0.3 is 29.7 Å². The molecule has 3 aromatic rings. The number of aromatic hydroxyl groups is 1. The zero-order valence-corrected chi connectivity index (χ0v) is 26.1. The van der Waals surface area contributed by atoms with E-state index in [0.29, 0.717) is 23.1 Å². The standard InChI is InChI=1S/C31H37F3N4O6S/c1-21(39)37(29-10-9-25(17-30(29)41)45(3,42)43)13-5-6-23-16-26-27(7-4-8-28(26)38(23)20-31(32,33)34)35-22-11-14-36(15-12-22)18-24(40)19-44-2/h4,7-10,16-17,22,24,35,40-41H,11-15,18-20H2,1-3H3. The molecule has 10 nitrogen and oxygen atoms in total. The molecule has 1 atom stereocenters. The molecule has 45 heavy (non-hydrogen) atoms. The number of nitrogens with zero attached hydrogens (tertiary/aromatic N) is 3. The molecule has 0 radical (unpaired) electrons. The number of phenolic OH excluding ortho intramolecular Hbond substituents is 1. The maximum Gasteiger partial charge on any atom is 0.406 e. The average molecular weight is 651 g/mol. The number of anilines is 2. The fourth-order valence-corrected chi connectivity index (χ4v) is 6.06. The number of methoxy groups -OCH3 is 1. The molecule has 14 heteroatoms. The summed E-state index contributed by atoms with van der Waals surface area (Å²) < 4.78 is 70.8. The van der Waals surface area contributed by atoms with Crippen LogP contribution in [0.25, 0.3) is 10.9 Å². The third-order valence-corrected chi connectivity index (χ3v) is 8.67. The number of sulfone groups is 1. The summed E-state index contributed by atoms with van der Waals surface area (Å²) in [6.45, 7) is 1.96. The smallest absolute Gasteiger partial charge is 0.406 e. The Morgan fingerprint density at radius 1 is 1.20 bits per heavy atom. The molecule has 0 bridgehead atoms. The first kappa shape index (κ1) is 34.1. The summed E-state index contributed by atoms with van der Waals surface area (Å²) in [7, 11) is -2.07. The predicted molar refractivity (Wildman–Crippen MR) is 165 cm³/mol. The highest BCUT2D eigenvalue weighted by Crippen LogP contribution is 2.32. The molecule has 1 saturated heterocycles. The fourth-order valence-electron chi connectivity index (χ4n) is 5.42. The van der Waals surface area contributed by atoms with E-state index in [1.54, 1.807) is 18.2 Å². The number of halogens is 3. The van der Waals surface area contributed by atoms with Crippen LogP contribution in [0.5, 0.6) is 5.75 Å². The van der Waals surface area contributed by atoms with Crippen molar-refractivity contribution in [1.29, 1.82) is 0 Å². The molecular formula is C31H37F3N4O6S. The minimum Gasteiger partial charge on any atom is -0.506 e. The number of phenols is 1. The van der Waals surface area contributed by atoms with E-state index >= 15 is 0 Å². The molecule has 244 valence electrons. The van der Waals surface area contributed by atoms with Crippen LogP contribution in [0, 0.1) is 11.8 Å². The van der Waals surface area contributed by atoms with Gasteiger partial charge in [-0.2, -0.15) is 13.2 Å². The second-order valence-electron chi connectivity index (χ2n) is 11.1. The van der Waals surface area contributed by atoms with Gasteiger partial charge in [0.2, 0.25) is 5.91 Å². The highest BCUT2D eigenvalue weighted by Gasteiger charge is 2.30. The number of benzene rings is 2. The molecular weight excluding hydrogens is 613 g/mol. The van der Waals surface area contributed by atoms with Crippen molar-refractivity contribution < 1.29 is 41.3 Å². The Morgan fingerprint density at radius 2 is 1.91 bits per heavy atom. The number of β-amino-alcohol motifs (C(OH)–C–C–N with tert-alkyl or cyclic N) is 1. The van der Waals surface area contributed by atoms with Crippen molar-refractivity contribution in [2.24, 2.45) is 0 Å². The number of aliphatic hydroxyl groups excluding tert-OH is 1. The van der Waals surface area contributed by atoms with Crippen LogP contribution in [0.3, 0.4) is 0 Å². The van der Waals surface area contributed by atoms with Crippen molar-refractivity contribution >= 4 is 38.0 Å². The number of nitrogens with one attached hydrogen (secondary N) is 1. The summed E-state index contributed by atoms with van der Waals surface area (Å²) in [5.41, 5.74) is 1.14. The summed E-state index contributed by atoms with van der Waals surface area (Å²) >= 11 is 0. The fraction of sp³-hybridized carbons (Fsp3) is 0.452. The molecule has 1 unspecified atom stereocenters. The average Bonchev–Trinajstić information content (AvgIpc) is 3.28. The van der Waals surface area contributed by atoms with Gasteiger partial charge in [0.1, 0.15) is 12.3 Å². The summed E-state index contributed by atoms with van der Waals surface area (Å²) in [6, 6.07) is 10.3. The largest absolute Gasteiger partial charge is 0.506 e. The number of aromatic nitrogens is 1. The third-order valence-electron chi connectivity index (χ3n) is 7.56. The summed E-state index contributed by atoms with van der Waals surface area (Å²) in [5.74, 6) is 4.57. The Hall–Kier alpha value is -3.77. The van der Waals surface area contributed by atoms with Gasteiger partial charge >= 0.3 is 6.18 Å². The van der Waals surface area contributed by atoms with E-state index in [9.17, 15) is 36.6 Å². The Bertz CT molecular complexity index is 1690. The van der Waals surface area contributed by atoms with E-state index in [2.05, 4.69) is 22.1 Å². The molecule has 2 aromatic carbocycles. The van der Waals surface area contributed by atoms with Crippen molar-refractivity contribution in [3.8, 4) is 17.6 Å². The van der Waals surface area contributed by atoms with E-state index in [1.807, 2.05) is 6.07 Å². The Balaban J connectivity index is 1.59. The van der Waals surface area contributed by atoms with Gasteiger partial charge in [0.05, 0.1) is 41.0 Å². The molecule has 0 spiro atoms. The number of carbonyl (C=O) groups is 1. The van der Waals surface area contributed by atoms with E-state index in [-0.39, 0.29) is 35.5 Å². The lowest BCUT2D eigenvalue weighted by Gasteiger charge is -2.34. The number of hydrogen-bond acceptors (Lipinski definition) is 8. The monoisotopic (exact) mass is 650 g/mol. The zero-order chi connectivity index (χ0) is 32.9. The first-order chi connectivity index (χ1) is 21.2. The summed E-state index contributed by atoms with van der Waals surface area (Å²) in [4.78, 5) is 15.5. The quantitative estimate of drug-likeness (QED) is 0.285. The second kappa shape index (κ2) is 14.1. The number of carbonyl (C=O) groups excluding carboxylic acids is 1. The number of aliphatic hydroxyl groups is 1. The number of rotatable bonds is 10. The number of amides is 1. The lowest BCUT2D eigenvalue weighted by molar-refractivity contribution is -0.140. The van der Waals surface area contributed by atoms with Gasteiger partial charge in [-0.1, -0.05) is 12.0 Å². The maximum atomic E-state index is 13.7. The van der Waals surface area contributed by atoms with Crippen LogP contribution in [0.2, 0.25) is 0 Å². The van der Waals surface area contributed by atoms with Gasteiger partial charge in [-0.05, 0) is 49.1 Å². The Kier molecular flexibility index (Phi) is 10.7. The van der Waals surface area contributed by atoms with E-state index in [4.69, 9.17) is 4.74 Å². The lowest BCUT2D eigenvalue weighted by atomic mass is 10.0. The molecule has 0 aliphatic carbocycles. The van der Waals surface area contributed by atoms with Crippen molar-refractivity contribution in [3.63, 3.8) is 0 Å². The molecule has 1 aromatic heterocycles. The SMILES string of the molecule is COCC(O)CN1CCC(Nc2cccc3c2cc(C#CCN(C(C)=O)c2ccc(S(C)(=O)=O)cc2O)n3CC(F)(F)F)CC1. The van der Waals surface area contributed by atoms with E-state index in [0.717, 1.165) is 47.7 Å². The van der Waals surface area contributed by atoms with Gasteiger partial charge in [0.15, 0.2) is 9.84 Å². The minimum absolute atomic E-state index is 0.0192. The lowest BCUT2D eigenvalue weighted by Crippen LogP contribution is -2.43. The molecule has 1 aliphatic rings. The van der Waals surface area contributed by atoms with Crippen LogP contribution in [0.4, 0.5) is 24.5 Å². The van der Waals surface area contributed by atoms with Gasteiger partial charge in [-0.15, -0.1) is 0 Å². The van der Waals surface area contributed by atoms with Crippen LogP contribution in [0.1, 0.15) is 25.5 Å². The number of piperidine rings is 1. The van der Waals surface area contributed by atoms with Crippen LogP contribution >= 0.6 is 0 Å². The van der Waals surface area contributed by atoms with Crippen LogP contribution in [-0.4, -0.2) is 98.5 Å². The normalized spacial score (nSPS) is 15.4. The van der Waals surface area contributed by atoms with Gasteiger partial charge in [-0.25, -0.2) is 8.42 Å². The second-order valence-corrected chi connectivity index (χ2v) is 13.1. The topological polar surface area (TPSA) is 124 Å². The van der Waals surface area contributed by atoms with Crippen LogP contribution in [0.15, 0.2) is 47.4 Å². The molecule has 3 N–H and O–H groups in total. The van der Waals surface area contributed by atoms with Gasteiger partial charge in [0.25, 0.3) is 0 Å². The molecule has 4 rings (SSSR count). The first-order valence-corrected chi connectivity index (χ1v) is 16.2. The minimum atomic E-state index is -4.52. The number of ether oxygens (including phenoxy) is 1. The molecule has 2 heterocycles. The van der Waals surface area contributed by atoms with Crippen molar-refractivity contribution in [1.82, 2.24) is 9.47 Å². The van der Waals surface area contributed by atoms with Crippen molar-refractivity contribution in [3.05, 3.63) is 48.2 Å². The number of likely N-dealkylation sites (tertiary alicyclic amines) is 1. The number of alkyl halides is 3. The molecule has 1 fully saturated rings. The third kappa shape index (κ3) is 8.91. The predicted octanol–water partition coefficient (Wildman–Crippen LogP) is 3.60. The van der Waals surface area contributed by atoms with Gasteiger partial charge in [-0.3, -0.25) is 9.69 Å².